The number of piperidine rings is 1. The molecule has 1 fully saturated rings. The second kappa shape index (κ2) is 3.55. The summed E-state index contributed by atoms with van der Waals surface area (Å²) >= 11 is 0. The van der Waals surface area contributed by atoms with Crippen LogP contribution in [-0.2, 0) is 5.41 Å². The molecule has 0 bridgehead atoms. The van der Waals surface area contributed by atoms with E-state index < -0.39 is 12.2 Å². The highest BCUT2D eigenvalue weighted by atomic mass is 16.3. The Bertz CT molecular complexity index is 399. The molecule has 0 amide bonds. The normalized spacial score (nSPS) is 31.6. The Morgan fingerprint density at radius 1 is 1.12 bits per heavy atom. The average Bonchev–Trinajstić information content (AvgIpc) is 2.55. The van der Waals surface area contributed by atoms with E-state index in [9.17, 15) is 10.2 Å². The summed E-state index contributed by atoms with van der Waals surface area (Å²) in [5.74, 6) is 0. The van der Waals surface area contributed by atoms with Gasteiger partial charge in [0, 0.05) is 5.41 Å². The van der Waals surface area contributed by atoms with Gasteiger partial charge in [0.2, 0.25) is 0 Å². The van der Waals surface area contributed by atoms with Crippen LogP contribution < -0.4 is 5.32 Å². The lowest BCUT2D eigenvalue weighted by atomic mass is 9.72. The van der Waals surface area contributed by atoms with E-state index in [1.165, 1.54) is 0 Å². The fraction of sp³-hybridized carbons (Fsp3) is 0.538. The molecule has 1 aromatic rings. The van der Waals surface area contributed by atoms with Crippen molar-refractivity contribution in [1.29, 1.82) is 0 Å². The molecule has 1 aromatic carbocycles. The molecule has 3 nitrogen and oxygen atoms in total. The van der Waals surface area contributed by atoms with E-state index in [4.69, 9.17) is 0 Å². The third-order valence-corrected chi connectivity index (χ3v) is 4.18. The maximum absolute atomic E-state index is 10.3. The lowest BCUT2D eigenvalue weighted by molar-refractivity contribution is -0.0247. The van der Waals surface area contributed by atoms with Gasteiger partial charge in [-0.25, -0.2) is 0 Å². The summed E-state index contributed by atoms with van der Waals surface area (Å²) in [5.41, 5.74) is 1.84. The first-order valence-electron chi connectivity index (χ1n) is 5.92. The van der Waals surface area contributed by atoms with Gasteiger partial charge >= 0.3 is 0 Å². The highest BCUT2D eigenvalue weighted by Crippen LogP contribution is 2.49. The number of rotatable bonds is 0. The van der Waals surface area contributed by atoms with E-state index >= 15 is 0 Å². The molecule has 1 aliphatic heterocycles. The molecule has 3 heteroatoms. The zero-order valence-corrected chi connectivity index (χ0v) is 9.19. The Hall–Kier alpha value is -0.900. The molecule has 3 rings (SSSR count). The van der Waals surface area contributed by atoms with Crippen molar-refractivity contribution in [3.63, 3.8) is 0 Å². The SMILES string of the molecule is O[C@@H]1c2ccccc2C2(CCNCC2)[C@@H]1O. The first-order valence-corrected chi connectivity index (χ1v) is 5.92. The summed E-state index contributed by atoms with van der Waals surface area (Å²) in [7, 11) is 0. The van der Waals surface area contributed by atoms with E-state index in [2.05, 4.69) is 11.4 Å². The number of hydrogen-bond donors (Lipinski definition) is 3. The standard InChI is InChI=1S/C13H17NO2/c15-11-9-3-1-2-4-10(9)13(12(11)16)5-7-14-8-6-13/h1-4,11-12,14-16H,5-8H2/t11-,12-/m1/s1. The molecule has 0 saturated carbocycles. The van der Waals surface area contributed by atoms with Gasteiger partial charge in [0.25, 0.3) is 0 Å². The molecule has 2 aliphatic rings. The van der Waals surface area contributed by atoms with Crippen molar-refractivity contribution in [3.8, 4) is 0 Å². The summed E-state index contributed by atoms with van der Waals surface area (Å²) in [6.45, 7) is 1.83. The van der Waals surface area contributed by atoms with Crippen LogP contribution in [0.15, 0.2) is 24.3 Å². The molecular weight excluding hydrogens is 202 g/mol. The Morgan fingerprint density at radius 2 is 1.81 bits per heavy atom. The van der Waals surface area contributed by atoms with E-state index in [1.54, 1.807) is 0 Å². The number of fused-ring (bicyclic) bond motifs is 2. The van der Waals surface area contributed by atoms with E-state index in [-0.39, 0.29) is 5.41 Å². The lowest BCUT2D eigenvalue weighted by Gasteiger charge is -2.38. The van der Waals surface area contributed by atoms with Gasteiger partial charge in [0.05, 0.1) is 6.10 Å². The van der Waals surface area contributed by atoms with Crippen LogP contribution in [0.3, 0.4) is 0 Å². The van der Waals surface area contributed by atoms with Crippen LogP contribution in [0.1, 0.15) is 30.1 Å². The van der Waals surface area contributed by atoms with Crippen LogP contribution in [0.4, 0.5) is 0 Å². The van der Waals surface area contributed by atoms with Gasteiger partial charge in [-0.3, -0.25) is 0 Å². The maximum atomic E-state index is 10.3. The Kier molecular flexibility index (Phi) is 2.28. The Balaban J connectivity index is 2.12. The van der Waals surface area contributed by atoms with Crippen molar-refractivity contribution in [1.82, 2.24) is 5.32 Å². The van der Waals surface area contributed by atoms with Crippen molar-refractivity contribution in [3.05, 3.63) is 35.4 Å². The minimum atomic E-state index is -0.714. The molecule has 1 heterocycles. The molecule has 2 atom stereocenters. The van der Waals surface area contributed by atoms with E-state index in [0.29, 0.717) is 0 Å². The third kappa shape index (κ3) is 1.19. The second-order valence-corrected chi connectivity index (χ2v) is 4.88. The number of benzene rings is 1. The first-order chi connectivity index (χ1) is 7.76. The van der Waals surface area contributed by atoms with E-state index in [0.717, 1.165) is 37.1 Å². The summed E-state index contributed by atoms with van der Waals surface area (Å²) in [5, 5.41) is 23.7. The van der Waals surface area contributed by atoms with Gasteiger partial charge in [-0.2, -0.15) is 0 Å². The minimum absolute atomic E-state index is 0.221. The van der Waals surface area contributed by atoms with Crippen LogP contribution >= 0.6 is 0 Å². The molecular formula is C13H17NO2. The molecule has 0 aromatic heterocycles. The van der Waals surface area contributed by atoms with Crippen molar-refractivity contribution in [2.75, 3.05) is 13.1 Å². The number of hydrogen-bond acceptors (Lipinski definition) is 3. The minimum Gasteiger partial charge on any atom is -0.389 e. The first kappa shape index (κ1) is 10.3. The highest BCUT2D eigenvalue weighted by Gasteiger charge is 2.51. The van der Waals surface area contributed by atoms with Crippen molar-refractivity contribution >= 4 is 0 Å². The van der Waals surface area contributed by atoms with Gasteiger partial charge in [-0.15, -0.1) is 0 Å². The summed E-state index contributed by atoms with van der Waals surface area (Å²) in [4.78, 5) is 0. The zero-order chi connectivity index (χ0) is 11.2. The molecule has 1 saturated heterocycles. The number of nitrogens with one attached hydrogen (secondary N) is 1. The zero-order valence-electron chi connectivity index (χ0n) is 9.19. The second-order valence-electron chi connectivity index (χ2n) is 4.88. The molecule has 86 valence electrons. The molecule has 1 spiro atoms. The highest BCUT2D eigenvalue weighted by molar-refractivity contribution is 5.44. The fourth-order valence-corrected chi connectivity index (χ4v) is 3.28. The smallest absolute Gasteiger partial charge is 0.106 e. The largest absolute Gasteiger partial charge is 0.389 e. The van der Waals surface area contributed by atoms with Crippen LogP contribution in [0.25, 0.3) is 0 Å². The number of aliphatic hydroxyl groups excluding tert-OH is 2. The summed E-state index contributed by atoms with van der Waals surface area (Å²) in [6, 6.07) is 7.91. The molecule has 0 unspecified atom stereocenters. The topological polar surface area (TPSA) is 52.5 Å². The molecule has 16 heavy (non-hydrogen) atoms. The quantitative estimate of drug-likeness (QED) is 0.602. The van der Waals surface area contributed by atoms with Crippen molar-refractivity contribution < 1.29 is 10.2 Å². The molecule has 1 aliphatic carbocycles. The van der Waals surface area contributed by atoms with Gasteiger partial charge in [-0.1, -0.05) is 24.3 Å². The third-order valence-electron chi connectivity index (χ3n) is 4.18. The maximum Gasteiger partial charge on any atom is 0.106 e. The van der Waals surface area contributed by atoms with Gasteiger partial charge < -0.3 is 15.5 Å². The summed E-state index contributed by atoms with van der Waals surface area (Å²) < 4.78 is 0. The predicted molar refractivity (Wildman–Crippen MR) is 61.2 cm³/mol. The number of aliphatic hydroxyl groups is 2. The van der Waals surface area contributed by atoms with Crippen LogP contribution in [-0.4, -0.2) is 29.4 Å². The molecule has 0 radical (unpaired) electrons. The summed E-state index contributed by atoms with van der Waals surface area (Å²) in [6.07, 6.45) is 0.450. The van der Waals surface area contributed by atoms with Crippen LogP contribution in [0.5, 0.6) is 0 Å². The monoisotopic (exact) mass is 219 g/mol. The Labute approximate surface area is 95.1 Å². The fourth-order valence-electron chi connectivity index (χ4n) is 3.28. The average molecular weight is 219 g/mol. The van der Waals surface area contributed by atoms with Crippen molar-refractivity contribution in [2.24, 2.45) is 0 Å². The van der Waals surface area contributed by atoms with Crippen LogP contribution in [0.2, 0.25) is 0 Å². The van der Waals surface area contributed by atoms with Gasteiger partial charge in [-0.05, 0) is 37.1 Å². The van der Waals surface area contributed by atoms with Crippen molar-refractivity contribution in [2.45, 2.75) is 30.5 Å². The van der Waals surface area contributed by atoms with Gasteiger partial charge in [0.1, 0.15) is 6.10 Å². The molecule has 3 N–H and O–H groups in total. The predicted octanol–water partition coefficient (Wildman–Crippen LogP) is 0.716. The lowest BCUT2D eigenvalue weighted by Crippen LogP contribution is -2.46. The van der Waals surface area contributed by atoms with Crippen LogP contribution in [0, 0.1) is 0 Å². The van der Waals surface area contributed by atoms with E-state index in [1.807, 2.05) is 18.2 Å². The van der Waals surface area contributed by atoms with Gasteiger partial charge in [0.15, 0.2) is 0 Å². The Morgan fingerprint density at radius 3 is 2.56 bits per heavy atom.